The molecule has 28 heavy (non-hydrogen) atoms. The lowest BCUT2D eigenvalue weighted by Gasteiger charge is -2.23. The predicted molar refractivity (Wildman–Crippen MR) is 103 cm³/mol. The summed E-state index contributed by atoms with van der Waals surface area (Å²) in [5, 5.41) is 7.83. The maximum absolute atomic E-state index is 13.1. The zero-order valence-electron chi connectivity index (χ0n) is 15.1. The summed E-state index contributed by atoms with van der Waals surface area (Å²) in [7, 11) is 0. The fourth-order valence-corrected chi connectivity index (χ4v) is 3.78. The Kier molecular flexibility index (Phi) is 5.54. The number of hydrogen-bond acceptors (Lipinski definition) is 3. The molecular formula is C19H20ClF3N4O. The number of alkyl halides is 3. The van der Waals surface area contributed by atoms with Crippen LogP contribution in [0, 0.1) is 6.92 Å². The van der Waals surface area contributed by atoms with Gasteiger partial charge >= 0.3 is 6.18 Å². The molecule has 0 amide bonds. The number of fused-ring (bicyclic) bond motifs is 1. The van der Waals surface area contributed by atoms with Gasteiger partial charge in [0.05, 0.1) is 17.0 Å². The average Bonchev–Trinajstić information content (AvgIpc) is 2.97. The topological polar surface area (TPSA) is 62.2 Å². The second-order valence-corrected chi connectivity index (χ2v) is 6.88. The van der Waals surface area contributed by atoms with Crippen LogP contribution in [0.1, 0.15) is 35.7 Å². The van der Waals surface area contributed by atoms with Gasteiger partial charge in [0.15, 0.2) is 0 Å². The second kappa shape index (κ2) is 7.60. The first-order chi connectivity index (χ1) is 12.8. The predicted octanol–water partition coefficient (Wildman–Crippen LogP) is 3.91. The molecule has 1 saturated heterocycles. The highest BCUT2D eigenvalue weighted by molar-refractivity contribution is 5.85. The molecule has 0 bridgehead atoms. The molecule has 1 aromatic carbocycles. The number of hydrogen-bond donors (Lipinski definition) is 2. The fourth-order valence-electron chi connectivity index (χ4n) is 3.78. The molecule has 0 spiro atoms. The molecule has 9 heteroatoms. The van der Waals surface area contributed by atoms with Gasteiger partial charge in [-0.05, 0) is 50.6 Å². The lowest BCUT2D eigenvalue weighted by Crippen LogP contribution is -2.28. The molecule has 0 unspecified atom stereocenters. The van der Waals surface area contributed by atoms with Crippen molar-refractivity contribution in [2.24, 2.45) is 0 Å². The number of piperidine rings is 1. The first-order valence-electron chi connectivity index (χ1n) is 8.85. The molecule has 0 radical (unpaired) electrons. The smallest absolute Gasteiger partial charge is 0.317 e. The Morgan fingerprint density at radius 2 is 1.89 bits per heavy atom. The summed E-state index contributed by atoms with van der Waals surface area (Å²) in [4.78, 5) is 15.0. The lowest BCUT2D eigenvalue weighted by molar-refractivity contribution is -0.137. The van der Waals surface area contributed by atoms with Crippen molar-refractivity contribution in [2.45, 2.75) is 31.9 Å². The van der Waals surface area contributed by atoms with E-state index in [1.807, 2.05) is 0 Å². The number of halogens is 4. The monoisotopic (exact) mass is 412 g/mol. The molecular weight excluding hydrogens is 393 g/mol. The summed E-state index contributed by atoms with van der Waals surface area (Å²) in [5.74, 6) is 0.185. The van der Waals surface area contributed by atoms with Crippen molar-refractivity contribution in [2.75, 3.05) is 13.1 Å². The zero-order valence-corrected chi connectivity index (χ0v) is 16.0. The molecule has 4 rings (SSSR count). The van der Waals surface area contributed by atoms with Crippen LogP contribution in [0.3, 0.4) is 0 Å². The Morgan fingerprint density at radius 3 is 2.57 bits per heavy atom. The Bertz CT molecular complexity index is 1050. The number of benzene rings is 1. The van der Waals surface area contributed by atoms with E-state index in [1.54, 1.807) is 23.6 Å². The van der Waals surface area contributed by atoms with Crippen LogP contribution in [0.4, 0.5) is 13.2 Å². The number of nitrogens with one attached hydrogen (secondary N) is 2. The van der Waals surface area contributed by atoms with Gasteiger partial charge in [-0.3, -0.25) is 4.79 Å². The summed E-state index contributed by atoms with van der Waals surface area (Å²) in [6.07, 6.45) is -2.66. The summed E-state index contributed by atoms with van der Waals surface area (Å²) >= 11 is 0. The van der Waals surface area contributed by atoms with Crippen molar-refractivity contribution in [1.82, 2.24) is 19.9 Å². The van der Waals surface area contributed by atoms with Crippen LogP contribution < -0.4 is 10.9 Å². The highest BCUT2D eigenvalue weighted by atomic mass is 35.5. The van der Waals surface area contributed by atoms with Gasteiger partial charge in [-0.1, -0.05) is 12.1 Å². The summed E-state index contributed by atoms with van der Waals surface area (Å²) in [5.41, 5.74) is 1.72. The van der Waals surface area contributed by atoms with Gasteiger partial charge in [0.2, 0.25) is 0 Å². The number of aromatic nitrogens is 3. The first kappa shape index (κ1) is 20.4. The third-order valence-corrected chi connectivity index (χ3v) is 5.06. The average molecular weight is 413 g/mol. The highest BCUT2D eigenvalue weighted by Crippen LogP contribution is 2.35. The molecule has 0 atom stereocenters. The van der Waals surface area contributed by atoms with Crippen molar-refractivity contribution in [3.05, 3.63) is 57.6 Å². The lowest BCUT2D eigenvalue weighted by atomic mass is 9.94. The van der Waals surface area contributed by atoms with E-state index in [0.29, 0.717) is 22.5 Å². The highest BCUT2D eigenvalue weighted by Gasteiger charge is 2.31. The van der Waals surface area contributed by atoms with Crippen LogP contribution in [0.2, 0.25) is 0 Å². The molecule has 2 aromatic heterocycles. The minimum atomic E-state index is -4.43. The standard InChI is InChI=1S/C19H19F3N4O.ClH/c1-11-17(13-3-2-4-14(9-13)19(20,21)22)18-24-16(27)10-15(26(18)25-11)12-5-7-23-8-6-12;/h2-4,9-10,12,23H,5-8H2,1H3,(H,24,27);1H. The van der Waals surface area contributed by atoms with E-state index in [2.05, 4.69) is 15.4 Å². The van der Waals surface area contributed by atoms with Crippen LogP contribution in [0.15, 0.2) is 35.1 Å². The van der Waals surface area contributed by atoms with Gasteiger partial charge in [-0.25, -0.2) is 4.52 Å². The Morgan fingerprint density at radius 1 is 1.18 bits per heavy atom. The van der Waals surface area contributed by atoms with E-state index in [4.69, 9.17) is 0 Å². The van der Waals surface area contributed by atoms with Crippen LogP contribution in [0.5, 0.6) is 0 Å². The van der Waals surface area contributed by atoms with Crippen LogP contribution >= 0.6 is 12.4 Å². The van der Waals surface area contributed by atoms with E-state index in [1.165, 1.54) is 6.07 Å². The SMILES string of the molecule is Cc1nn2c(C3CCNCC3)cc(=O)[nH]c2c1-c1cccc(C(F)(F)F)c1.Cl. The van der Waals surface area contributed by atoms with Gasteiger partial charge in [-0.15, -0.1) is 12.4 Å². The maximum Gasteiger partial charge on any atom is 0.416 e. The zero-order chi connectivity index (χ0) is 19.2. The molecule has 3 heterocycles. The number of H-pyrrole nitrogens is 1. The minimum Gasteiger partial charge on any atom is -0.317 e. The van der Waals surface area contributed by atoms with Crippen LogP contribution in [-0.4, -0.2) is 27.7 Å². The Labute approximate surface area is 165 Å². The van der Waals surface area contributed by atoms with Gasteiger partial charge in [0.25, 0.3) is 5.56 Å². The Balaban J connectivity index is 0.00000225. The largest absolute Gasteiger partial charge is 0.416 e. The van der Waals surface area contributed by atoms with E-state index in [-0.39, 0.29) is 23.9 Å². The second-order valence-electron chi connectivity index (χ2n) is 6.88. The molecule has 150 valence electrons. The summed E-state index contributed by atoms with van der Waals surface area (Å²) in [6.45, 7) is 3.46. The first-order valence-corrected chi connectivity index (χ1v) is 8.85. The quantitative estimate of drug-likeness (QED) is 0.671. The number of rotatable bonds is 2. The Hall–Kier alpha value is -2.32. The van der Waals surface area contributed by atoms with Gasteiger partial charge in [0.1, 0.15) is 5.65 Å². The van der Waals surface area contributed by atoms with Crippen molar-refractivity contribution >= 4 is 18.1 Å². The van der Waals surface area contributed by atoms with E-state index >= 15 is 0 Å². The van der Waals surface area contributed by atoms with E-state index < -0.39 is 11.7 Å². The maximum atomic E-state index is 13.1. The van der Waals surface area contributed by atoms with Crippen LogP contribution in [0.25, 0.3) is 16.8 Å². The number of aromatic amines is 1. The minimum absolute atomic E-state index is 0. The van der Waals surface area contributed by atoms with Crippen LogP contribution in [-0.2, 0) is 6.18 Å². The van der Waals surface area contributed by atoms with Crippen molar-refractivity contribution in [1.29, 1.82) is 0 Å². The molecule has 5 nitrogen and oxygen atoms in total. The van der Waals surface area contributed by atoms with Crippen molar-refractivity contribution in [3.8, 4) is 11.1 Å². The van der Waals surface area contributed by atoms with E-state index in [0.717, 1.165) is 43.8 Å². The molecule has 0 aliphatic carbocycles. The van der Waals surface area contributed by atoms with Gasteiger partial charge in [-0.2, -0.15) is 18.3 Å². The number of aryl methyl sites for hydroxylation is 1. The summed E-state index contributed by atoms with van der Waals surface area (Å²) in [6, 6.07) is 6.66. The van der Waals surface area contributed by atoms with Crippen molar-refractivity contribution < 1.29 is 13.2 Å². The third kappa shape index (κ3) is 3.66. The third-order valence-electron chi connectivity index (χ3n) is 5.06. The van der Waals surface area contributed by atoms with E-state index in [9.17, 15) is 18.0 Å². The van der Waals surface area contributed by atoms with Crippen molar-refractivity contribution in [3.63, 3.8) is 0 Å². The molecule has 1 aliphatic rings. The summed E-state index contributed by atoms with van der Waals surface area (Å²) < 4.78 is 41.0. The fraction of sp³-hybridized carbons (Fsp3) is 0.368. The van der Waals surface area contributed by atoms with Gasteiger partial charge < -0.3 is 10.3 Å². The van der Waals surface area contributed by atoms with Gasteiger partial charge in [0, 0.05) is 17.5 Å². The molecule has 1 fully saturated rings. The molecule has 2 N–H and O–H groups in total. The molecule has 3 aromatic rings. The normalized spacial score (nSPS) is 15.6. The molecule has 0 saturated carbocycles. The molecule has 1 aliphatic heterocycles. The number of nitrogens with zero attached hydrogens (tertiary/aromatic N) is 2.